The summed E-state index contributed by atoms with van der Waals surface area (Å²) in [5.74, 6) is -1.25. The number of hydrogen-bond donors (Lipinski definition) is 0. The fourth-order valence-corrected chi connectivity index (χ4v) is 4.21. The molecule has 3 amide bonds. The minimum Gasteiger partial charge on any atom is -0.452 e. The molecule has 1 fully saturated rings. The van der Waals surface area contributed by atoms with Crippen molar-refractivity contribution in [2.24, 2.45) is 5.92 Å². The summed E-state index contributed by atoms with van der Waals surface area (Å²) in [6.45, 7) is 8.08. The van der Waals surface area contributed by atoms with Crippen molar-refractivity contribution in [1.29, 1.82) is 0 Å². The van der Waals surface area contributed by atoms with Crippen molar-refractivity contribution >= 4 is 23.7 Å². The molecular weight excluding hydrogens is 384 g/mol. The maximum absolute atomic E-state index is 12.6. The molecule has 0 spiro atoms. The molecule has 2 atom stereocenters. The summed E-state index contributed by atoms with van der Waals surface area (Å²) in [7, 11) is 0. The van der Waals surface area contributed by atoms with Crippen molar-refractivity contribution in [3.8, 4) is 0 Å². The molecular formula is C23H30N2O5. The van der Waals surface area contributed by atoms with E-state index in [0.717, 1.165) is 25.7 Å². The summed E-state index contributed by atoms with van der Waals surface area (Å²) in [4.78, 5) is 53.2. The molecule has 162 valence electrons. The number of ether oxygens (including phenoxy) is 1. The number of amides is 3. The molecule has 7 heteroatoms. The average molecular weight is 415 g/mol. The largest absolute Gasteiger partial charge is 0.452 e. The van der Waals surface area contributed by atoms with Gasteiger partial charge in [0.2, 0.25) is 0 Å². The SMILES string of the molecule is CC(C)CCN1C(=O)c2ccc(C(=O)OCC(=O)N3C(C)CCCC3C)cc2C1=O. The highest BCUT2D eigenvalue weighted by Crippen LogP contribution is 2.26. The number of likely N-dealkylation sites (tertiary alicyclic amines) is 1. The first kappa shape index (κ1) is 22.0. The topological polar surface area (TPSA) is 84.0 Å². The van der Waals surface area contributed by atoms with Crippen LogP contribution >= 0.6 is 0 Å². The Morgan fingerprint density at radius 3 is 2.33 bits per heavy atom. The van der Waals surface area contributed by atoms with Crippen molar-refractivity contribution < 1.29 is 23.9 Å². The van der Waals surface area contributed by atoms with Crippen molar-refractivity contribution in [3.05, 3.63) is 34.9 Å². The van der Waals surface area contributed by atoms with Gasteiger partial charge in [0.15, 0.2) is 6.61 Å². The molecule has 2 aliphatic rings. The van der Waals surface area contributed by atoms with Gasteiger partial charge >= 0.3 is 5.97 Å². The van der Waals surface area contributed by atoms with E-state index in [9.17, 15) is 19.2 Å². The van der Waals surface area contributed by atoms with Gasteiger partial charge in [-0.05, 0) is 63.6 Å². The lowest BCUT2D eigenvalue weighted by molar-refractivity contribution is -0.140. The Hall–Kier alpha value is -2.70. The third-order valence-corrected chi connectivity index (χ3v) is 5.94. The maximum atomic E-state index is 12.6. The lowest BCUT2D eigenvalue weighted by Gasteiger charge is -2.38. The zero-order chi connectivity index (χ0) is 22.0. The van der Waals surface area contributed by atoms with Gasteiger partial charge in [-0.25, -0.2) is 4.79 Å². The lowest BCUT2D eigenvalue weighted by atomic mass is 9.97. The van der Waals surface area contributed by atoms with Gasteiger partial charge in [0.1, 0.15) is 0 Å². The van der Waals surface area contributed by atoms with Crippen LogP contribution in [0.2, 0.25) is 0 Å². The molecule has 0 aromatic heterocycles. The highest BCUT2D eigenvalue weighted by Gasteiger charge is 2.36. The van der Waals surface area contributed by atoms with E-state index in [2.05, 4.69) is 0 Å². The van der Waals surface area contributed by atoms with Gasteiger partial charge in [-0.15, -0.1) is 0 Å². The molecule has 0 aliphatic carbocycles. The van der Waals surface area contributed by atoms with Gasteiger partial charge in [0.05, 0.1) is 16.7 Å². The van der Waals surface area contributed by atoms with Crippen LogP contribution in [0.15, 0.2) is 18.2 Å². The number of fused-ring (bicyclic) bond motifs is 1. The Kier molecular flexibility index (Phi) is 6.58. The number of piperidine rings is 1. The standard InChI is InChI=1S/C23H30N2O5/c1-14(2)10-11-24-21(27)18-9-8-17(12-19(18)22(24)28)23(29)30-13-20(26)25-15(3)6-5-7-16(25)4/h8-9,12,14-16H,5-7,10-11,13H2,1-4H3. The highest BCUT2D eigenvalue weighted by atomic mass is 16.5. The van der Waals surface area contributed by atoms with Crippen LogP contribution in [0.3, 0.4) is 0 Å². The fraction of sp³-hybridized carbons (Fsp3) is 0.565. The van der Waals surface area contributed by atoms with E-state index in [-0.39, 0.29) is 41.6 Å². The summed E-state index contributed by atoms with van der Waals surface area (Å²) >= 11 is 0. The quantitative estimate of drug-likeness (QED) is 0.527. The first-order valence-corrected chi connectivity index (χ1v) is 10.7. The minimum absolute atomic E-state index is 0.125. The summed E-state index contributed by atoms with van der Waals surface area (Å²) in [6, 6.07) is 4.59. The summed E-state index contributed by atoms with van der Waals surface area (Å²) in [5.41, 5.74) is 0.670. The lowest BCUT2D eigenvalue weighted by Crippen LogP contribution is -2.49. The van der Waals surface area contributed by atoms with E-state index in [1.807, 2.05) is 27.7 Å². The van der Waals surface area contributed by atoms with Crippen LogP contribution in [0.4, 0.5) is 0 Å². The zero-order valence-electron chi connectivity index (χ0n) is 18.1. The van der Waals surface area contributed by atoms with Gasteiger partial charge in [-0.3, -0.25) is 19.3 Å². The van der Waals surface area contributed by atoms with Gasteiger partial charge in [0.25, 0.3) is 17.7 Å². The van der Waals surface area contributed by atoms with Crippen molar-refractivity contribution in [3.63, 3.8) is 0 Å². The number of carbonyl (C=O) groups excluding carboxylic acids is 4. The van der Waals surface area contributed by atoms with E-state index in [4.69, 9.17) is 4.74 Å². The molecule has 1 aromatic carbocycles. The zero-order valence-corrected chi connectivity index (χ0v) is 18.1. The van der Waals surface area contributed by atoms with Crippen LogP contribution in [-0.4, -0.2) is 58.7 Å². The van der Waals surface area contributed by atoms with Crippen LogP contribution in [0, 0.1) is 5.92 Å². The second kappa shape index (κ2) is 8.98. The number of benzene rings is 1. The summed E-state index contributed by atoms with van der Waals surface area (Å²) in [5, 5.41) is 0. The maximum Gasteiger partial charge on any atom is 0.338 e. The average Bonchev–Trinajstić information content (AvgIpc) is 2.94. The molecule has 2 unspecified atom stereocenters. The second-order valence-electron chi connectivity index (χ2n) is 8.71. The first-order chi connectivity index (χ1) is 14.2. The third kappa shape index (κ3) is 4.40. The van der Waals surface area contributed by atoms with Gasteiger partial charge in [-0.1, -0.05) is 13.8 Å². The molecule has 0 radical (unpaired) electrons. The van der Waals surface area contributed by atoms with E-state index in [1.165, 1.54) is 23.1 Å². The van der Waals surface area contributed by atoms with Crippen molar-refractivity contribution in [1.82, 2.24) is 9.80 Å². The van der Waals surface area contributed by atoms with Crippen molar-refractivity contribution in [2.45, 2.75) is 65.5 Å². The molecule has 30 heavy (non-hydrogen) atoms. The Labute approximate surface area is 177 Å². The van der Waals surface area contributed by atoms with Crippen LogP contribution in [0.1, 0.15) is 84.5 Å². The predicted molar refractivity (Wildman–Crippen MR) is 111 cm³/mol. The molecule has 2 aliphatic heterocycles. The van der Waals surface area contributed by atoms with Gasteiger partial charge < -0.3 is 9.64 Å². The van der Waals surface area contributed by atoms with Gasteiger partial charge in [-0.2, -0.15) is 0 Å². The molecule has 2 heterocycles. The van der Waals surface area contributed by atoms with Crippen LogP contribution < -0.4 is 0 Å². The van der Waals surface area contributed by atoms with E-state index in [0.29, 0.717) is 18.0 Å². The molecule has 3 rings (SSSR count). The summed E-state index contributed by atoms with van der Waals surface area (Å²) in [6.07, 6.45) is 3.69. The number of imide groups is 1. The number of hydrogen-bond acceptors (Lipinski definition) is 5. The molecule has 0 N–H and O–H groups in total. The molecule has 7 nitrogen and oxygen atoms in total. The highest BCUT2D eigenvalue weighted by molar-refractivity contribution is 6.22. The molecule has 1 saturated heterocycles. The normalized spacial score (nSPS) is 21.2. The van der Waals surface area contributed by atoms with Crippen LogP contribution in [-0.2, 0) is 9.53 Å². The predicted octanol–water partition coefficient (Wildman–Crippen LogP) is 3.28. The number of nitrogens with zero attached hydrogens (tertiary/aromatic N) is 2. The smallest absolute Gasteiger partial charge is 0.338 e. The Morgan fingerprint density at radius 2 is 1.70 bits per heavy atom. The molecule has 0 bridgehead atoms. The molecule has 1 aromatic rings. The van der Waals surface area contributed by atoms with E-state index >= 15 is 0 Å². The second-order valence-corrected chi connectivity index (χ2v) is 8.71. The van der Waals surface area contributed by atoms with Crippen molar-refractivity contribution in [2.75, 3.05) is 13.2 Å². The summed E-state index contributed by atoms with van der Waals surface area (Å²) < 4.78 is 5.23. The fourth-order valence-electron chi connectivity index (χ4n) is 4.21. The van der Waals surface area contributed by atoms with Crippen LogP contribution in [0.5, 0.6) is 0 Å². The number of rotatable bonds is 6. The Morgan fingerprint density at radius 1 is 1.07 bits per heavy atom. The van der Waals surface area contributed by atoms with E-state index < -0.39 is 11.9 Å². The first-order valence-electron chi connectivity index (χ1n) is 10.7. The van der Waals surface area contributed by atoms with Gasteiger partial charge in [0, 0.05) is 18.6 Å². The number of carbonyl (C=O) groups is 4. The van der Waals surface area contributed by atoms with E-state index in [1.54, 1.807) is 4.90 Å². The Balaban J connectivity index is 1.65. The monoisotopic (exact) mass is 414 g/mol. The Bertz CT molecular complexity index is 853. The minimum atomic E-state index is -0.677. The number of esters is 1. The van der Waals surface area contributed by atoms with Crippen LogP contribution in [0.25, 0.3) is 0 Å². The molecule has 0 saturated carbocycles. The third-order valence-electron chi connectivity index (χ3n) is 5.94.